The van der Waals surface area contributed by atoms with Gasteiger partial charge in [-0.1, -0.05) is 37.5 Å². The average Bonchev–Trinajstić information content (AvgIpc) is 2.80. The van der Waals surface area contributed by atoms with Gasteiger partial charge < -0.3 is 20.1 Å². The summed E-state index contributed by atoms with van der Waals surface area (Å²) in [5.41, 5.74) is 1.38. The monoisotopic (exact) mass is 436 g/mol. The number of nitrogens with one attached hydrogen (secondary N) is 2. The number of carbonyl (C=O) groups is 3. The summed E-state index contributed by atoms with van der Waals surface area (Å²) in [6.45, 7) is 1.90. The Labute approximate surface area is 187 Å². The van der Waals surface area contributed by atoms with Gasteiger partial charge in [0.15, 0.2) is 0 Å². The standard InChI is InChI=1S/C25H28N2O5/c1-2-31-25(30)32-20-15-13-19(14-16-20)24(29)27-22-11-7-6-10-21(22)26-23(28)17-12-18-8-4-3-5-9-18/h6-7,10-18H,2-5,8-9H2,1H3,(H,26,28)(H,27,29)/b17-12+. The molecule has 2 aromatic carbocycles. The fourth-order valence-electron chi connectivity index (χ4n) is 3.54. The van der Waals surface area contributed by atoms with Crippen LogP contribution in [0.3, 0.4) is 0 Å². The van der Waals surface area contributed by atoms with Crippen LogP contribution < -0.4 is 15.4 Å². The number of benzene rings is 2. The van der Waals surface area contributed by atoms with E-state index in [1.807, 2.05) is 6.08 Å². The van der Waals surface area contributed by atoms with E-state index in [1.54, 1.807) is 37.3 Å². The zero-order valence-electron chi connectivity index (χ0n) is 18.1. The second-order valence-electron chi connectivity index (χ2n) is 7.56. The molecule has 0 spiro atoms. The highest BCUT2D eigenvalue weighted by Gasteiger charge is 2.13. The zero-order valence-corrected chi connectivity index (χ0v) is 18.1. The summed E-state index contributed by atoms with van der Waals surface area (Å²) in [5, 5.41) is 5.65. The zero-order chi connectivity index (χ0) is 22.8. The first-order valence-electron chi connectivity index (χ1n) is 10.9. The van der Waals surface area contributed by atoms with Gasteiger partial charge in [0.25, 0.3) is 5.91 Å². The van der Waals surface area contributed by atoms with Crippen molar-refractivity contribution in [2.24, 2.45) is 5.92 Å². The molecule has 2 amide bonds. The second kappa shape index (κ2) is 11.7. The van der Waals surface area contributed by atoms with Gasteiger partial charge in [0.2, 0.25) is 5.91 Å². The maximum absolute atomic E-state index is 12.7. The number of allylic oxidation sites excluding steroid dienone is 1. The van der Waals surface area contributed by atoms with Crippen LogP contribution in [0.5, 0.6) is 5.75 Å². The molecule has 0 unspecified atom stereocenters. The lowest BCUT2D eigenvalue weighted by atomic mass is 9.89. The molecule has 0 aromatic heterocycles. The van der Waals surface area contributed by atoms with Crippen molar-refractivity contribution in [1.82, 2.24) is 0 Å². The average molecular weight is 437 g/mol. The number of hydrogen-bond acceptors (Lipinski definition) is 5. The molecule has 1 fully saturated rings. The van der Waals surface area contributed by atoms with E-state index in [1.165, 1.54) is 43.5 Å². The fourth-order valence-corrected chi connectivity index (χ4v) is 3.54. The van der Waals surface area contributed by atoms with Crippen LogP contribution in [0.2, 0.25) is 0 Å². The van der Waals surface area contributed by atoms with Gasteiger partial charge in [-0.25, -0.2) is 4.79 Å². The Balaban J connectivity index is 1.60. The fraction of sp³-hybridized carbons (Fsp3) is 0.320. The van der Waals surface area contributed by atoms with Crippen molar-refractivity contribution in [3.8, 4) is 5.75 Å². The number of rotatable bonds is 7. The van der Waals surface area contributed by atoms with E-state index in [9.17, 15) is 14.4 Å². The predicted octanol–water partition coefficient (Wildman–Crippen LogP) is 5.55. The lowest BCUT2D eigenvalue weighted by Crippen LogP contribution is -2.16. The summed E-state index contributed by atoms with van der Waals surface area (Å²) in [7, 11) is 0. The van der Waals surface area contributed by atoms with E-state index in [4.69, 9.17) is 9.47 Å². The molecule has 1 aliphatic carbocycles. The van der Waals surface area contributed by atoms with Crippen molar-refractivity contribution >= 4 is 29.3 Å². The van der Waals surface area contributed by atoms with E-state index in [0.29, 0.717) is 22.9 Å². The summed E-state index contributed by atoms with van der Waals surface area (Å²) in [6, 6.07) is 13.1. The molecule has 32 heavy (non-hydrogen) atoms. The van der Waals surface area contributed by atoms with Crippen molar-refractivity contribution in [3.05, 3.63) is 66.2 Å². The molecule has 0 atom stereocenters. The van der Waals surface area contributed by atoms with Crippen molar-refractivity contribution in [2.45, 2.75) is 39.0 Å². The molecule has 0 radical (unpaired) electrons. The van der Waals surface area contributed by atoms with Gasteiger partial charge in [0.05, 0.1) is 18.0 Å². The lowest BCUT2D eigenvalue weighted by Gasteiger charge is -2.17. The predicted molar refractivity (Wildman–Crippen MR) is 123 cm³/mol. The highest BCUT2D eigenvalue weighted by Crippen LogP contribution is 2.25. The smallest absolute Gasteiger partial charge is 0.434 e. The number of anilines is 2. The molecule has 0 aliphatic heterocycles. The summed E-state index contributed by atoms with van der Waals surface area (Å²) < 4.78 is 9.71. The van der Waals surface area contributed by atoms with Crippen LogP contribution in [-0.2, 0) is 9.53 Å². The van der Waals surface area contributed by atoms with Gasteiger partial charge in [-0.05, 0) is 68.2 Å². The minimum atomic E-state index is -0.799. The summed E-state index contributed by atoms with van der Waals surface area (Å²) >= 11 is 0. The van der Waals surface area contributed by atoms with Crippen LogP contribution in [0.25, 0.3) is 0 Å². The van der Waals surface area contributed by atoms with Gasteiger partial charge in [-0.15, -0.1) is 0 Å². The lowest BCUT2D eigenvalue weighted by molar-refractivity contribution is -0.111. The Kier molecular flexibility index (Phi) is 8.43. The maximum atomic E-state index is 12.7. The van der Waals surface area contributed by atoms with E-state index >= 15 is 0 Å². The highest BCUT2D eigenvalue weighted by molar-refractivity contribution is 6.08. The maximum Gasteiger partial charge on any atom is 0.513 e. The van der Waals surface area contributed by atoms with Crippen molar-refractivity contribution < 1.29 is 23.9 Å². The van der Waals surface area contributed by atoms with Crippen LogP contribution in [0.1, 0.15) is 49.4 Å². The Bertz CT molecular complexity index is 963. The van der Waals surface area contributed by atoms with Gasteiger partial charge in [-0.2, -0.15) is 0 Å². The van der Waals surface area contributed by atoms with Gasteiger partial charge in [0, 0.05) is 5.56 Å². The molecule has 7 heteroatoms. The molecule has 0 bridgehead atoms. The first-order valence-corrected chi connectivity index (χ1v) is 10.9. The molecule has 3 rings (SSSR count). The summed E-state index contributed by atoms with van der Waals surface area (Å²) in [5.74, 6) is 0.155. The molecule has 2 N–H and O–H groups in total. The third-order valence-corrected chi connectivity index (χ3v) is 5.18. The molecule has 168 valence electrons. The topological polar surface area (TPSA) is 93.7 Å². The minimum absolute atomic E-state index is 0.214. The Hall–Kier alpha value is -3.61. The van der Waals surface area contributed by atoms with E-state index in [2.05, 4.69) is 10.6 Å². The van der Waals surface area contributed by atoms with Crippen LogP contribution in [0.4, 0.5) is 16.2 Å². The summed E-state index contributed by atoms with van der Waals surface area (Å²) in [4.78, 5) is 36.4. The summed E-state index contributed by atoms with van der Waals surface area (Å²) in [6.07, 6.45) is 8.70. The molecule has 0 saturated heterocycles. The third kappa shape index (κ3) is 6.97. The van der Waals surface area contributed by atoms with Crippen molar-refractivity contribution in [2.75, 3.05) is 17.2 Å². The van der Waals surface area contributed by atoms with E-state index < -0.39 is 6.16 Å². The molecular formula is C25H28N2O5. The van der Waals surface area contributed by atoms with Crippen LogP contribution >= 0.6 is 0 Å². The normalized spacial score (nSPS) is 14.0. The van der Waals surface area contributed by atoms with Crippen LogP contribution in [-0.4, -0.2) is 24.6 Å². The third-order valence-electron chi connectivity index (χ3n) is 5.18. The molecule has 0 heterocycles. The molecule has 1 aliphatic rings. The molecular weight excluding hydrogens is 408 g/mol. The van der Waals surface area contributed by atoms with Crippen LogP contribution in [0, 0.1) is 5.92 Å². The Morgan fingerprint density at radius 2 is 1.59 bits per heavy atom. The number of hydrogen-bond donors (Lipinski definition) is 2. The van der Waals surface area contributed by atoms with Gasteiger partial charge in [0.1, 0.15) is 5.75 Å². The minimum Gasteiger partial charge on any atom is -0.434 e. The van der Waals surface area contributed by atoms with Gasteiger partial charge in [-0.3, -0.25) is 9.59 Å². The first-order chi connectivity index (χ1) is 15.5. The van der Waals surface area contributed by atoms with Gasteiger partial charge >= 0.3 is 6.16 Å². The van der Waals surface area contributed by atoms with E-state index in [0.717, 1.165) is 12.8 Å². The largest absolute Gasteiger partial charge is 0.513 e. The second-order valence-corrected chi connectivity index (χ2v) is 7.56. The molecule has 7 nitrogen and oxygen atoms in total. The molecule has 2 aromatic rings. The molecule has 1 saturated carbocycles. The number of amides is 2. The van der Waals surface area contributed by atoms with Crippen LogP contribution in [0.15, 0.2) is 60.7 Å². The number of para-hydroxylation sites is 2. The van der Waals surface area contributed by atoms with E-state index in [-0.39, 0.29) is 24.2 Å². The highest BCUT2D eigenvalue weighted by atomic mass is 16.7. The Morgan fingerprint density at radius 3 is 2.25 bits per heavy atom. The number of ether oxygens (including phenoxy) is 2. The number of carbonyl (C=O) groups excluding carboxylic acids is 3. The van der Waals surface area contributed by atoms with Crippen molar-refractivity contribution in [1.29, 1.82) is 0 Å². The van der Waals surface area contributed by atoms with Crippen molar-refractivity contribution in [3.63, 3.8) is 0 Å². The first kappa shape index (κ1) is 23.1. The Morgan fingerprint density at radius 1 is 0.938 bits per heavy atom. The SMILES string of the molecule is CCOC(=O)Oc1ccc(C(=O)Nc2ccccc2NC(=O)/C=C/C2CCCCC2)cc1. The quantitative estimate of drug-likeness (QED) is 0.337.